The molecule has 388 valence electrons. The summed E-state index contributed by atoms with van der Waals surface area (Å²) in [5.74, 6) is -2.16. The molecular weight excluding hydrogens is 924 g/mol. The van der Waals surface area contributed by atoms with Crippen LogP contribution in [-0.4, -0.2) is 204 Å². The van der Waals surface area contributed by atoms with Crippen molar-refractivity contribution >= 4 is 35.4 Å². The highest BCUT2D eigenvalue weighted by atomic mass is 16.5. The molecule has 4 aliphatic heterocycles. The summed E-state index contributed by atoms with van der Waals surface area (Å²) in [7, 11) is 7.82. The van der Waals surface area contributed by atoms with E-state index in [1.165, 1.54) is 22.3 Å². The number of carboxylic acids is 4. The lowest BCUT2D eigenvalue weighted by Crippen LogP contribution is -2.65. The van der Waals surface area contributed by atoms with Gasteiger partial charge in [-0.05, 0) is 101 Å². The monoisotopic (exact) mass is 988 g/mol. The Balaban J connectivity index is 0.000000329. The standard InChI is InChI=1S/2C18H21NO3.2C4H6O6.5H2O/c2*1-19-8-7-18-11-4-5-13(20)17(18)22-16-14(21-2)6-3-10(15(16)18)9-12(11)19;2*5-1(3(7)8)2(6)4(9)10;;;;;/h2*3,6,11-12,17H,4-5,7-9H2,1-2H3;2*1-2,5-6H,(H,7,8)(H,9,10);5*1H2. The highest BCUT2D eigenvalue weighted by molar-refractivity contribution is 5.90. The maximum absolute atomic E-state index is 12.6. The van der Waals surface area contributed by atoms with Crippen molar-refractivity contribution in [2.45, 2.75) is 111 Å². The van der Waals surface area contributed by atoms with Crippen molar-refractivity contribution in [2.75, 3.05) is 41.4 Å². The van der Waals surface area contributed by atoms with Crippen LogP contribution in [0.25, 0.3) is 0 Å². The highest BCUT2D eigenvalue weighted by Crippen LogP contribution is 2.64. The average Bonchev–Trinajstić information content (AvgIpc) is 3.82. The molecule has 0 aromatic heterocycles. The number of rotatable bonds is 8. The third-order valence-electron chi connectivity index (χ3n) is 14.8. The van der Waals surface area contributed by atoms with Gasteiger partial charge in [0.25, 0.3) is 0 Å². The van der Waals surface area contributed by atoms with Gasteiger partial charge in [-0.1, -0.05) is 12.1 Å². The number of methoxy groups -OCH3 is 2. The first kappa shape index (κ1) is 59.5. The summed E-state index contributed by atoms with van der Waals surface area (Å²) >= 11 is 0. The molecule has 0 radical (unpaired) electrons. The number of carbonyl (C=O) groups excluding carboxylic acids is 2. The minimum Gasteiger partial charge on any atom is -0.493 e. The van der Waals surface area contributed by atoms with E-state index in [4.69, 9.17) is 59.8 Å². The van der Waals surface area contributed by atoms with E-state index >= 15 is 0 Å². The molecule has 4 fully saturated rings. The van der Waals surface area contributed by atoms with E-state index < -0.39 is 48.3 Å². The summed E-state index contributed by atoms with van der Waals surface area (Å²) in [5.41, 5.74) is 5.15. The number of hydrogen-bond donors (Lipinski definition) is 8. The number of aliphatic hydroxyl groups excluding tert-OH is 4. The van der Waals surface area contributed by atoms with Crippen LogP contribution in [0, 0.1) is 11.8 Å². The van der Waals surface area contributed by atoms with Gasteiger partial charge in [0, 0.05) is 46.9 Å². The minimum absolute atomic E-state index is 0. The fraction of sp³-hybridized carbons (Fsp3) is 0.591. The molecule has 2 spiro atoms. The molecule has 2 aromatic rings. The van der Waals surface area contributed by atoms with Crippen LogP contribution in [-0.2, 0) is 52.4 Å². The summed E-state index contributed by atoms with van der Waals surface area (Å²) in [6, 6.07) is 9.46. The molecule has 8 aliphatic rings. The van der Waals surface area contributed by atoms with E-state index in [1.54, 1.807) is 14.2 Å². The molecular formula is C44H64N2O23. The zero-order valence-corrected chi connectivity index (χ0v) is 38.2. The lowest BCUT2D eigenvalue weighted by Gasteiger charge is -2.57. The number of aliphatic carboxylic acids is 4. The number of ketones is 2. The lowest BCUT2D eigenvalue weighted by molar-refractivity contribution is -0.165. The second kappa shape index (κ2) is 22.4. The molecule has 4 aliphatic carbocycles. The van der Waals surface area contributed by atoms with Gasteiger partial charge in [-0.2, -0.15) is 0 Å². The Morgan fingerprint density at radius 1 is 0.580 bits per heavy atom. The minimum atomic E-state index is -2.27. The fourth-order valence-corrected chi connectivity index (χ4v) is 11.9. The van der Waals surface area contributed by atoms with Crippen LogP contribution in [0.3, 0.4) is 0 Å². The van der Waals surface area contributed by atoms with Gasteiger partial charge < -0.3 is 97.0 Å². The Bertz CT molecular complexity index is 2050. The predicted molar refractivity (Wildman–Crippen MR) is 236 cm³/mol. The van der Waals surface area contributed by atoms with E-state index in [0.29, 0.717) is 36.8 Å². The first-order valence-corrected chi connectivity index (χ1v) is 21.1. The highest BCUT2D eigenvalue weighted by Gasteiger charge is 2.67. The van der Waals surface area contributed by atoms with Gasteiger partial charge in [0.05, 0.1) is 14.2 Å². The molecule has 18 N–H and O–H groups in total. The average molecular weight is 989 g/mol. The summed E-state index contributed by atoms with van der Waals surface area (Å²) < 4.78 is 23.6. The summed E-state index contributed by atoms with van der Waals surface area (Å²) in [4.78, 5) is 69.3. The molecule has 2 aromatic carbocycles. The smallest absolute Gasteiger partial charge is 0.335 e. The van der Waals surface area contributed by atoms with Crippen molar-refractivity contribution in [3.8, 4) is 23.0 Å². The first-order chi connectivity index (χ1) is 30.3. The van der Waals surface area contributed by atoms with E-state index in [2.05, 4.69) is 36.0 Å². The predicted octanol–water partition coefficient (Wildman–Crippen LogP) is -4.50. The number of carboxylic acid groups (broad SMARTS) is 4. The van der Waals surface area contributed by atoms with E-state index in [9.17, 15) is 28.8 Å². The fourth-order valence-electron chi connectivity index (χ4n) is 11.9. The van der Waals surface area contributed by atoms with Crippen molar-refractivity contribution < 1.29 is 116 Å². The normalized spacial score (nSPS) is 29.1. The third kappa shape index (κ3) is 9.56. The zero-order valence-electron chi connectivity index (χ0n) is 38.2. The van der Waals surface area contributed by atoms with Gasteiger partial charge in [0.15, 0.2) is 71.2 Å². The van der Waals surface area contributed by atoms with E-state index in [1.807, 2.05) is 12.1 Å². The molecule has 4 heterocycles. The number of ether oxygens (including phenoxy) is 4. The zero-order chi connectivity index (χ0) is 46.7. The second-order valence-electron chi connectivity index (χ2n) is 17.7. The van der Waals surface area contributed by atoms with Crippen LogP contribution in [0.2, 0.25) is 0 Å². The van der Waals surface area contributed by atoms with Gasteiger partial charge in [-0.15, -0.1) is 0 Å². The van der Waals surface area contributed by atoms with Crippen LogP contribution in [0.1, 0.15) is 60.8 Å². The number of aliphatic hydroxyl groups is 4. The van der Waals surface area contributed by atoms with Gasteiger partial charge >= 0.3 is 23.9 Å². The van der Waals surface area contributed by atoms with Crippen LogP contribution in [0.4, 0.5) is 0 Å². The van der Waals surface area contributed by atoms with E-state index in [0.717, 1.165) is 74.6 Å². The molecule has 2 saturated carbocycles. The van der Waals surface area contributed by atoms with Crippen molar-refractivity contribution in [1.29, 1.82) is 0 Å². The van der Waals surface area contributed by atoms with Gasteiger partial charge in [-0.3, -0.25) is 9.59 Å². The number of likely N-dealkylation sites (tertiary alicyclic amines) is 2. The van der Waals surface area contributed by atoms with Crippen LogP contribution in [0.5, 0.6) is 23.0 Å². The summed E-state index contributed by atoms with van der Waals surface area (Å²) in [5, 5.41) is 65.1. The molecule has 69 heavy (non-hydrogen) atoms. The summed E-state index contributed by atoms with van der Waals surface area (Å²) in [6.07, 6.45) is -2.12. The molecule has 25 nitrogen and oxygen atoms in total. The Hall–Kier alpha value is -5.58. The molecule has 10 rings (SSSR count). The lowest BCUT2D eigenvalue weighted by atomic mass is 9.52. The van der Waals surface area contributed by atoms with Crippen LogP contribution >= 0.6 is 0 Å². The molecule has 0 amide bonds. The number of nitrogens with zero attached hydrogens (tertiary/aromatic N) is 2. The number of piperidine rings is 2. The van der Waals surface area contributed by atoms with Crippen LogP contribution in [0.15, 0.2) is 24.3 Å². The number of likely N-dealkylation sites (N-methyl/N-ethyl adjacent to an activating group) is 2. The topological polar surface area (TPSA) is 465 Å². The van der Waals surface area contributed by atoms with Crippen LogP contribution < -0.4 is 18.9 Å². The van der Waals surface area contributed by atoms with Crippen molar-refractivity contribution in [3.63, 3.8) is 0 Å². The maximum Gasteiger partial charge on any atom is 0.335 e. The number of hydrogen-bond acceptors (Lipinski definition) is 16. The third-order valence-corrected chi connectivity index (χ3v) is 14.8. The summed E-state index contributed by atoms with van der Waals surface area (Å²) in [6.45, 7) is 2.09. The molecule has 25 heteroatoms. The maximum atomic E-state index is 12.6. The number of Topliss-reactive ketones (excluding diaryl/α,β-unsaturated/α-hetero) is 2. The number of benzene rings is 2. The largest absolute Gasteiger partial charge is 0.493 e. The van der Waals surface area contributed by atoms with Gasteiger partial charge in [0.2, 0.25) is 0 Å². The Labute approximate surface area is 394 Å². The molecule has 12 unspecified atom stereocenters. The second-order valence-corrected chi connectivity index (χ2v) is 17.7. The van der Waals surface area contributed by atoms with Crippen molar-refractivity contribution in [2.24, 2.45) is 11.8 Å². The first-order valence-electron chi connectivity index (χ1n) is 21.1. The molecule has 2 saturated heterocycles. The van der Waals surface area contributed by atoms with Crippen molar-refractivity contribution in [1.82, 2.24) is 9.80 Å². The number of carbonyl (C=O) groups is 6. The van der Waals surface area contributed by atoms with Gasteiger partial charge in [-0.25, -0.2) is 19.2 Å². The SMILES string of the molecule is COc1ccc2c3c1OC1C(=O)CCC4C(C2)N(C)CCC314.COc1ccc2c3c1OC1C(=O)CCC4C(C2)N(C)CCC314.O.O.O.O.O.O=C(O)C(O)C(O)C(=O)O.O=C(O)C(O)C(O)C(=O)O. The Morgan fingerprint density at radius 2 is 0.884 bits per heavy atom. The van der Waals surface area contributed by atoms with E-state index in [-0.39, 0.29) is 62.0 Å². The quantitative estimate of drug-likeness (QED) is 0.124. The molecule has 4 bridgehead atoms. The Morgan fingerprint density at radius 3 is 1.16 bits per heavy atom. The Kier molecular flexibility index (Phi) is 19.4. The molecule has 12 atom stereocenters. The van der Waals surface area contributed by atoms with Crippen molar-refractivity contribution in [3.05, 3.63) is 46.5 Å². The van der Waals surface area contributed by atoms with Gasteiger partial charge in [0.1, 0.15) is 0 Å².